The predicted molar refractivity (Wildman–Crippen MR) is 106 cm³/mol. The van der Waals surface area contributed by atoms with Crippen LogP contribution < -0.4 is 14.8 Å². The minimum atomic E-state index is -0.821. The van der Waals surface area contributed by atoms with Crippen molar-refractivity contribution in [1.29, 1.82) is 0 Å². The third-order valence-electron chi connectivity index (χ3n) is 4.35. The highest BCUT2D eigenvalue weighted by Crippen LogP contribution is 2.41. The molecule has 8 heteroatoms. The summed E-state index contributed by atoms with van der Waals surface area (Å²) in [5.41, 5.74) is 0.616. The second-order valence-electron chi connectivity index (χ2n) is 7.53. The van der Waals surface area contributed by atoms with E-state index in [1.54, 1.807) is 12.1 Å². The summed E-state index contributed by atoms with van der Waals surface area (Å²) in [5.74, 6) is -1.65. The number of rotatable bonds is 7. The molecule has 1 amide bonds. The Morgan fingerprint density at radius 1 is 1.17 bits per heavy atom. The second kappa shape index (κ2) is 8.52. The minimum Gasteiger partial charge on any atom is -0.483 e. The Morgan fingerprint density at radius 3 is 2.63 bits per heavy atom. The van der Waals surface area contributed by atoms with Gasteiger partial charge in [-0.05, 0) is 38.1 Å². The molecule has 0 unspecified atom stereocenters. The fourth-order valence-corrected chi connectivity index (χ4v) is 3.13. The first-order valence-electron chi connectivity index (χ1n) is 9.34. The number of para-hydroxylation sites is 1. The normalized spacial score (nSPS) is 13.7. The molecule has 0 atom stereocenters. The Labute approximate surface area is 173 Å². The highest BCUT2D eigenvalue weighted by Gasteiger charge is 2.32. The number of esters is 1. The molecule has 30 heavy (non-hydrogen) atoms. The van der Waals surface area contributed by atoms with Gasteiger partial charge in [-0.3, -0.25) is 9.59 Å². The van der Waals surface area contributed by atoms with E-state index in [-0.39, 0.29) is 22.8 Å². The number of carbonyl (C=O) groups is 3. The first kappa shape index (κ1) is 21.3. The maximum atomic E-state index is 14.1. The molecule has 1 N–H and O–H groups in total. The van der Waals surface area contributed by atoms with Gasteiger partial charge in [0.1, 0.15) is 11.4 Å². The number of ketones is 1. The molecule has 0 radical (unpaired) electrons. The van der Waals surface area contributed by atoms with Crippen molar-refractivity contribution in [3.63, 3.8) is 0 Å². The second-order valence-corrected chi connectivity index (χ2v) is 7.53. The minimum absolute atomic E-state index is 0.225. The molecule has 1 aliphatic rings. The number of anilines is 1. The van der Waals surface area contributed by atoms with E-state index in [4.69, 9.17) is 14.2 Å². The SMILES string of the molecule is CC(=O)Nc1ccc(C(=O)COC(=O)COc2cccc3c2OC(C)(C)C3)c(F)c1. The molecule has 0 fully saturated rings. The van der Waals surface area contributed by atoms with Crippen LogP contribution in [0, 0.1) is 5.82 Å². The maximum absolute atomic E-state index is 14.1. The van der Waals surface area contributed by atoms with Crippen LogP contribution in [0.4, 0.5) is 10.1 Å². The average Bonchev–Trinajstić information content (AvgIpc) is 2.98. The molecule has 0 saturated heterocycles. The number of hydrogen-bond donors (Lipinski definition) is 1. The molecule has 2 aromatic carbocycles. The van der Waals surface area contributed by atoms with Crippen LogP contribution >= 0.6 is 0 Å². The molecule has 1 heterocycles. The largest absolute Gasteiger partial charge is 0.483 e. The molecule has 2 aromatic rings. The smallest absolute Gasteiger partial charge is 0.344 e. The molecular weight excluding hydrogens is 393 g/mol. The average molecular weight is 415 g/mol. The van der Waals surface area contributed by atoms with E-state index in [0.717, 1.165) is 18.1 Å². The zero-order valence-corrected chi connectivity index (χ0v) is 16.9. The maximum Gasteiger partial charge on any atom is 0.344 e. The van der Waals surface area contributed by atoms with Crippen molar-refractivity contribution in [2.45, 2.75) is 32.8 Å². The van der Waals surface area contributed by atoms with Crippen LogP contribution in [0.2, 0.25) is 0 Å². The van der Waals surface area contributed by atoms with Gasteiger partial charge in [-0.1, -0.05) is 12.1 Å². The molecule has 0 aromatic heterocycles. The summed E-state index contributed by atoms with van der Waals surface area (Å²) >= 11 is 0. The van der Waals surface area contributed by atoms with Crippen LogP contribution in [0.5, 0.6) is 11.5 Å². The van der Waals surface area contributed by atoms with Crippen molar-refractivity contribution in [3.8, 4) is 11.5 Å². The lowest BCUT2D eigenvalue weighted by molar-refractivity contribution is -0.144. The number of hydrogen-bond acceptors (Lipinski definition) is 6. The first-order valence-corrected chi connectivity index (χ1v) is 9.34. The summed E-state index contributed by atoms with van der Waals surface area (Å²) in [7, 11) is 0. The third-order valence-corrected chi connectivity index (χ3v) is 4.35. The van der Waals surface area contributed by atoms with Crippen molar-refractivity contribution in [1.82, 2.24) is 0 Å². The van der Waals surface area contributed by atoms with Gasteiger partial charge in [-0.25, -0.2) is 9.18 Å². The molecule has 1 aliphatic heterocycles. The number of Topliss-reactive ketones (excluding diaryl/α,β-unsaturated/α-hetero) is 1. The van der Waals surface area contributed by atoms with E-state index in [1.807, 2.05) is 19.9 Å². The van der Waals surface area contributed by atoms with Crippen LogP contribution in [0.15, 0.2) is 36.4 Å². The Morgan fingerprint density at radius 2 is 1.93 bits per heavy atom. The van der Waals surface area contributed by atoms with E-state index in [1.165, 1.54) is 19.1 Å². The van der Waals surface area contributed by atoms with E-state index >= 15 is 0 Å². The molecule has 3 rings (SSSR count). The molecule has 7 nitrogen and oxygen atoms in total. The molecule has 0 aliphatic carbocycles. The standard InChI is InChI=1S/C22H22FNO6/c1-13(25)24-15-7-8-16(17(23)9-15)18(26)11-29-20(27)12-28-19-6-4-5-14-10-22(2,3)30-21(14)19/h4-9H,10-12H2,1-3H3,(H,24,25). The summed E-state index contributed by atoms with van der Waals surface area (Å²) in [5, 5.41) is 2.41. The molecule has 0 spiro atoms. The van der Waals surface area contributed by atoms with Crippen molar-refractivity contribution in [2.75, 3.05) is 18.5 Å². The Bertz CT molecular complexity index is 1000. The summed E-state index contributed by atoms with van der Waals surface area (Å²) in [6, 6.07) is 9.06. The topological polar surface area (TPSA) is 90.9 Å². The van der Waals surface area contributed by atoms with Gasteiger partial charge >= 0.3 is 5.97 Å². The first-order chi connectivity index (χ1) is 14.1. The lowest BCUT2D eigenvalue weighted by atomic mass is 10.0. The van der Waals surface area contributed by atoms with Gasteiger partial charge in [0.15, 0.2) is 24.7 Å². The number of halogens is 1. The van der Waals surface area contributed by atoms with Crippen molar-refractivity contribution < 1.29 is 33.0 Å². The van der Waals surface area contributed by atoms with Gasteiger partial charge in [0.2, 0.25) is 11.7 Å². The number of ether oxygens (including phenoxy) is 3. The zero-order chi connectivity index (χ0) is 21.9. The van der Waals surface area contributed by atoms with Crippen LogP contribution in [-0.2, 0) is 20.7 Å². The van der Waals surface area contributed by atoms with Crippen LogP contribution in [0.25, 0.3) is 0 Å². The fraction of sp³-hybridized carbons (Fsp3) is 0.318. The number of amides is 1. The highest BCUT2D eigenvalue weighted by molar-refractivity contribution is 5.99. The summed E-state index contributed by atoms with van der Waals surface area (Å²) in [6.45, 7) is 4.15. The number of nitrogens with one attached hydrogen (secondary N) is 1. The Hall–Kier alpha value is -3.42. The van der Waals surface area contributed by atoms with Gasteiger partial charge in [-0.15, -0.1) is 0 Å². The summed E-state index contributed by atoms with van der Waals surface area (Å²) in [6.07, 6.45) is 0.727. The Kier molecular flexibility index (Phi) is 6.05. The van der Waals surface area contributed by atoms with Gasteiger partial charge in [0.05, 0.1) is 5.56 Å². The van der Waals surface area contributed by atoms with Crippen molar-refractivity contribution in [3.05, 3.63) is 53.3 Å². The summed E-state index contributed by atoms with van der Waals surface area (Å²) in [4.78, 5) is 35.1. The zero-order valence-electron chi connectivity index (χ0n) is 16.9. The quantitative estimate of drug-likeness (QED) is 0.551. The van der Waals surface area contributed by atoms with Gasteiger partial charge in [0, 0.05) is 24.6 Å². The van der Waals surface area contributed by atoms with Crippen molar-refractivity contribution >= 4 is 23.3 Å². The predicted octanol–water partition coefficient (Wildman–Crippen LogP) is 3.30. The third kappa shape index (κ3) is 5.14. The Balaban J connectivity index is 1.53. The van der Waals surface area contributed by atoms with Crippen molar-refractivity contribution in [2.24, 2.45) is 0 Å². The lowest BCUT2D eigenvalue weighted by Crippen LogP contribution is -2.25. The van der Waals surface area contributed by atoms with E-state index < -0.39 is 30.8 Å². The van der Waals surface area contributed by atoms with Crippen LogP contribution in [0.1, 0.15) is 36.7 Å². The monoisotopic (exact) mass is 415 g/mol. The molecule has 0 saturated carbocycles. The fourth-order valence-electron chi connectivity index (χ4n) is 3.13. The van der Waals surface area contributed by atoms with Gasteiger partial charge in [0.25, 0.3) is 0 Å². The number of carbonyl (C=O) groups excluding carboxylic acids is 3. The van der Waals surface area contributed by atoms with E-state index in [9.17, 15) is 18.8 Å². The summed E-state index contributed by atoms with van der Waals surface area (Å²) < 4.78 is 30.3. The number of benzene rings is 2. The van der Waals surface area contributed by atoms with Gasteiger partial charge < -0.3 is 19.5 Å². The number of fused-ring (bicyclic) bond motifs is 1. The van der Waals surface area contributed by atoms with Gasteiger partial charge in [-0.2, -0.15) is 0 Å². The van der Waals surface area contributed by atoms with E-state index in [2.05, 4.69) is 5.32 Å². The lowest BCUT2D eigenvalue weighted by Gasteiger charge is -2.18. The van der Waals surface area contributed by atoms with Crippen LogP contribution in [0.3, 0.4) is 0 Å². The molecule has 0 bridgehead atoms. The highest BCUT2D eigenvalue weighted by atomic mass is 19.1. The molecule has 158 valence electrons. The van der Waals surface area contributed by atoms with Crippen LogP contribution in [-0.4, -0.2) is 36.5 Å². The van der Waals surface area contributed by atoms with E-state index in [0.29, 0.717) is 11.5 Å². The molecular formula is C22H22FNO6.